The van der Waals surface area contributed by atoms with Crippen molar-refractivity contribution in [2.45, 2.75) is 13.1 Å². The highest BCUT2D eigenvalue weighted by atomic mass is 16.5. The summed E-state index contributed by atoms with van der Waals surface area (Å²) in [4.78, 5) is 13.7. The maximum atomic E-state index is 5.68. The lowest BCUT2D eigenvalue weighted by atomic mass is 10.1. The van der Waals surface area contributed by atoms with Crippen LogP contribution in [-0.2, 0) is 0 Å². The maximum absolute atomic E-state index is 5.68. The molecular formula is C25H25N5O2. The first-order valence-corrected chi connectivity index (χ1v) is 10.4. The molecule has 0 saturated heterocycles. The molecule has 3 heterocycles. The Kier molecular flexibility index (Phi) is 4.93. The van der Waals surface area contributed by atoms with Crippen molar-refractivity contribution in [3.8, 4) is 17.3 Å². The van der Waals surface area contributed by atoms with E-state index < -0.39 is 0 Å². The summed E-state index contributed by atoms with van der Waals surface area (Å²) in [6, 6.07) is 20.6. The van der Waals surface area contributed by atoms with Gasteiger partial charge >= 0.3 is 0 Å². The van der Waals surface area contributed by atoms with Gasteiger partial charge in [0.05, 0.1) is 37.6 Å². The molecule has 1 aliphatic rings. The number of aryl methyl sites for hydroxylation is 1. The molecule has 2 aromatic carbocycles. The van der Waals surface area contributed by atoms with Crippen LogP contribution >= 0.6 is 0 Å². The van der Waals surface area contributed by atoms with Gasteiger partial charge in [0, 0.05) is 13.2 Å². The van der Waals surface area contributed by atoms with Crippen molar-refractivity contribution in [1.29, 1.82) is 0 Å². The maximum Gasteiger partial charge on any atom is 0.240 e. The highest BCUT2D eigenvalue weighted by Crippen LogP contribution is 2.49. The Morgan fingerprint density at radius 3 is 2.41 bits per heavy atom. The van der Waals surface area contributed by atoms with E-state index in [1.807, 2.05) is 48.0 Å². The molecule has 0 spiro atoms. The number of imidazole rings is 1. The molecule has 32 heavy (non-hydrogen) atoms. The predicted octanol–water partition coefficient (Wildman–Crippen LogP) is 4.88. The first-order valence-electron chi connectivity index (χ1n) is 10.4. The number of benzene rings is 2. The second kappa shape index (κ2) is 7.92. The Bertz CT molecular complexity index is 1270. The minimum Gasteiger partial charge on any atom is -0.497 e. The van der Waals surface area contributed by atoms with E-state index in [1.165, 1.54) is 0 Å². The number of rotatable bonds is 5. The standard InChI is InChI=1S/C25H25N5O2/c1-17-15-29(16-26-17)22-12-13-23(27-24(22)32-4)30-21-11-6-5-10-20(21)28(2)25(30)18-8-7-9-19(14-18)31-3/h5-16,25H,1-4H3. The molecule has 4 aromatic rings. The molecule has 1 atom stereocenters. The molecule has 1 aliphatic heterocycles. The lowest BCUT2D eigenvalue weighted by Gasteiger charge is -2.31. The summed E-state index contributed by atoms with van der Waals surface area (Å²) in [6.07, 6.45) is 3.64. The van der Waals surface area contributed by atoms with Gasteiger partial charge < -0.3 is 18.9 Å². The first-order chi connectivity index (χ1) is 15.6. The lowest BCUT2D eigenvalue weighted by molar-refractivity contribution is 0.396. The van der Waals surface area contributed by atoms with Gasteiger partial charge in [-0.15, -0.1) is 0 Å². The number of nitrogens with zero attached hydrogens (tertiary/aromatic N) is 5. The Hall–Kier alpha value is -4.00. The van der Waals surface area contributed by atoms with Gasteiger partial charge in [0.1, 0.15) is 23.4 Å². The predicted molar refractivity (Wildman–Crippen MR) is 125 cm³/mol. The van der Waals surface area contributed by atoms with Crippen molar-refractivity contribution in [1.82, 2.24) is 14.5 Å². The molecule has 0 bridgehead atoms. The van der Waals surface area contributed by atoms with E-state index in [4.69, 9.17) is 14.5 Å². The lowest BCUT2D eigenvalue weighted by Crippen LogP contribution is -2.30. The van der Waals surface area contributed by atoms with Gasteiger partial charge in [0.15, 0.2) is 0 Å². The summed E-state index contributed by atoms with van der Waals surface area (Å²) in [6.45, 7) is 1.96. The van der Waals surface area contributed by atoms with Crippen LogP contribution in [0.15, 0.2) is 73.2 Å². The Balaban J connectivity index is 1.65. The van der Waals surface area contributed by atoms with E-state index >= 15 is 0 Å². The zero-order valence-corrected chi connectivity index (χ0v) is 18.6. The minimum absolute atomic E-state index is 0.0824. The summed E-state index contributed by atoms with van der Waals surface area (Å²) < 4.78 is 13.1. The number of aromatic nitrogens is 3. The van der Waals surface area contributed by atoms with E-state index in [0.717, 1.165) is 39.9 Å². The summed E-state index contributed by atoms with van der Waals surface area (Å²) in [7, 11) is 5.43. The van der Waals surface area contributed by atoms with Crippen molar-refractivity contribution < 1.29 is 9.47 Å². The van der Waals surface area contributed by atoms with Gasteiger partial charge in [0.25, 0.3) is 0 Å². The van der Waals surface area contributed by atoms with Crippen LogP contribution in [0.1, 0.15) is 17.4 Å². The molecule has 0 saturated carbocycles. The fourth-order valence-corrected chi connectivity index (χ4v) is 4.28. The van der Waals surface area contributed by atoms with Crippen LogP contribution in [0, 0.1) is 6.92 Å². The highest BCUT2D eigenvalue weighted by Gasteiger charge is 2.36. The number of para-hydroxylation sites is 2. The van der Waals surface area contributed by atoms with E-state index in [1.54, 1.807) is 20.5 Å². The van der Waals surface area contributed by atoms with E-state index in [9.17, 15) is 0 Å². The fourth-order valence-electron chi connectivity index (χ4n) is 4.28. The van der Waals surface area contributed by atoms with Crippen LogP contribution < -0.4 is 19.3 Å². The molecule has 7 heteroatoms. The van der Waals surface area contributed by atoms with E-state index in [0.29, 0.717) is 5.88 Å². The topological polar surface area (TPSA) is 55.7 Å². The third-order valence-electron chi connectivity index (χ3n) is 5.78. The summed E-state index contributed by atoms with van der Waals surface area (Å²) >= 11 is 0. The quantitative estimate of drug-likeness (QED) is 0.453. The average Bonchev–Trinajstić information content (AvgIpc) is 3.39. The number of hydrogen-bond acceptors (Lipinski definition) is 6. The van der Waals surface area contributed by atoms with Crippen molar-refractivity contribution in [2.24, 2.45) is 0 Å². The monoisotopic (exact) mass is 427 g/mol. The van der Waals surface area contributed by atoms with Crippen LogP contribution in [0.4, 0.5) is 17.2 Å². The number of anilines is 3. The van der Waals surface area contributed by atoms with Crippen LogP contribution in [0.3, 0.4) is 0 Å². The molecule has 0 fully saturated rings. The second-order valence-electron chi connectivity index (χ2n) is 7.74. The largest absolute Gasteiger partial charge is 0.497 e. The summed E-state index contributed by atoms with van der Waals surface area (Å²) in [5.74, 6) is 2.16. The number of methoxy groups -OCH3 is 2. The summed E-state index contributed by atoms with van der Waals surface area (Å²) in [5.41, 5.74) is 5.11. The molecule has 1 unspecified atom stereocenters. The SMILES string of the molecule is COc1cccc(C2N(C)c3ccccc3N2c2ccc(-n3cnc(C)c3)c(OC)n2)c1. The molecule has 7 nitrogen and oxygen atoms in total. The van der Waals surface area contributed by atoms with E-state index in [-0.39, 0.29) is 6.17 Å². The molecular weight excluding hydrogens is 402 g/mol. The summed E-state index contributed by atoms with van der Waals surface area (Å²) in [5, 5.41) is 0. The Morgan fingerprint density at radius 1 is 0.875 bits per heavy atom. The van der Waals surface area contributed by atoms with Gasteiger partial charge in [0.2, 0.25) is 5.88 Å². The number of ether oxygens (including phenoxy) is 2. The van der Waals surface area contributed by atoms with Gasteiger partial charge in [-0.3, -0.25) is 4.90 Å². The van der Waals surface area contributed by atoms with Gasteiger partial charge in [-0.2, -0.15) is 4.98 Å². The Morgan fingerprint density at radius 2 is 1.69 bits per heavy atom. The van der Waals surface area contributed by atoms with Crippen LogP contribution in [0.25, 0.3) is 5.69 Å². The number of fused-ring (bicyclic) bond motifs is 1. The van der Waals surface area contributed by atoms with Crippen molar-refractivity contribution in [3.05, 3.63) is 84.4 Å². The smallest absolute Gasteiger partial charge is 0.240 e. The van der Waals surface area contributed by atoms with Crippen molar-refractivity contribution in [3.63, 3.8) is 0 Å². The van der Waals surface area contributed by atoms with Crippen molar-refractivity contribution in [2.75, 3.05) is 31.1 Å². The molecule has 2 aromatic heterocycles. The molecule has 0 N–H and O–H groups in total. The van der Waals surface area contributed by atoms with Gasteiger partial charge in [-0.25, -0.2) is 4.98 Å². The highest BCUT2D eigenvalue weighted by molar-refractivity contribution is 5.83. The zero-order valence-electron chi connectivity index (χ0n) is 18.6. The molecule has 0 amide bonds. The Labute approximate surface area is 187 Å². The normalized spacial score (nSPS) is 15.1. The molecule has 0 radical (unpaired) electrons. The van der Waals surface area contributed by atoms with Crippen LogP contribution in [0.5, 0.6) is 11.6 Å². The van der Waals surface area contributed by atoms with Crippen LogP contribution in [-0.4, -0.2) is 35.8 Å². The van der Waals surface area contributed by atoms with E-state index in [2.05, 4.69) is 52.2 Å². The van der Waals surface area contributed by atoms with Gasteiger partial charge in [-0.05, 0) is 48.9 Å². The molecule has 162 valence electrons. The van der Waals surface area contributed by atoms with Crippen LogP contribution in [0.2, 0.25) is 0 Å². The number of hydrogen-bond donors (Lipinski definition) is 0. The molecule has 0 aliphatic carbocycles. The third-order valence-corrected chi connectivity index (χ3v) is 5.78. The third kappa shape index (κ3) is 3.22. The zero-order chi connectivity index (χ0) is 22.2. The number of pyridine rings is 1. The van der Waals surface area contributed by atoms with Crippen molar-refractivity contribution >= 4 is 17.2 Å². The fraction of sp³-hybridized carbons (Fsp3) is 0.200. The second-order valence-corrected chi connectivity index (χ2v) is 7.74. The minimum atomic E-state index is -0.0824. The average molecular weight is 428 g/mol. The molecule has 5 rings (SSSR count). The first kappa shape index (κ1) is 19.9. The van der Waals surface area contributed by atoms with Gasteiger partial charge in [-0.1, -0.05) is 24.3 Å².